The maximum Gasteiger partial charge on any atom is 0.263 e. The first-order valence-corrected chi connectivity index (χ1v) is 8.26. The molecule has 0 aliphatic heterocycles. The van der Waals surface area contributed by atoms with Crippen LogP contribution in [-0.2, 0) is 16.1 Å². The number of carbonyl (C=O) groups is 1. The summed E-state index contributed by atoms with van der Waals surface area (Å²) in [5.74, 6) is 1.31. The molecule has 0 spiro atoms. The van der Waals surface area contributed by atoms with E-state index in [4.69, 9.17) is 14.2 Å². The Morgan fingerprint density at radius 3 is 2.24 bits per heavy atom. The van der Waals surface area contributed by atoms with Crippen LogP contribution in [0.3, 0.4) is 0 Å². The Morgan fingerprint density at radius 1 is 1.00 bits per heavy atom. The molecule has 1 atom stereocenters. The number of methoxy groups -OCH3 is 2. The van der Waals surface area contributed by atoms with Crippen molar-refractivity contribution in [2.75, 3.05) is 27.4 Å². The van der Waals surface area contributed by atoms with Gasteiger partial charge in [-0.05, 0) is 36.8 Å². The van der Waals surface area contributed by atoms with Gasteiger partial charge in [0.25, 0.3) is 5.91 Å². The standard InChI is InChI=1S/C20H25NO4/c1-16(25-19-11-9-18(24-3)10-12-19)20(22)21(13-14-23-2)15-17-7-5-4-6-8-17/h4-12,16H,13-15H2,1-3H3. The SMILES string of the molecule is COCCN(Cc1ccccc1)C(=O)C(C)Oc1ccc(OC)cc1. The summed E-state index contributed by atoms with van der Waals surface area (Å²) in [5.41, 5.74) is 1.07. The van der Waals surface area contributed by atoms with Crippen molar-refractivity contribution >= 4 is 5.91 Å². The lowest BCUT2D eigenvalue weighted by atomic mass is 10.2. The first-order valence-electron chi connectivity index (χ1n) is 8.26. The number of hydrogen-bond donors (Lipinski definition) is 0. The van der Waals surface area contributed by atoms with E-state index < -0.39 is 6.10 Å². The van der Waals surface area contributed by atoms with Gasteiger partial charge in [0.2, 0.25) is 0 Å². The van der Waals surface area contributed by atoms with Crippen molar-refractivity contribution in [1.29, 1.82) is 0 Å². The van der Waals surface area contributed by atoms with E-state index in [1.807, 2.05) is 30.3 Å². The van der Waals surface area contributed by atoms with Crippen LogP contribution in [0.5, 0.6) is 11.5 Å². The van der Waals surface area contributed by atoms with Crippen LogP contribution in [0.25, 0.3) is 0 Å². The van der Waals surface area contributed by atoms with Crippen LogP contribution in [0.15, 0.2) is 54.6 Å². The van der Waals surface area contributed by atoms with Crippen LogP contribution in [0.1, 0.15) is 12.5 Å². The third-order valence-electron chi connectivity index (χ3n) is 3.81. The Morgan fingerprint density at radius 2 is 1.64 bits per heavy atom. The van der Waals surface area contributed by atoms with Crippen LogP contribution in [0.2, 0.25) is 0 Å². The van der Waals surface area contributed by atoms with Crippen LogP contribution in [-0.4, -0.2) is 44.3 Å². The highest BCUT2D eigenvalue weighted by Gasteiger charge is 2.22. The van der Waals surface area contributed by atoms with E-state index in [1.165, 1.54) is 0 Å². The minimum Gasteiger partial charge on any atom is -0.497 e. The summed E-state index contributed by atoms with van der Waals surface area (Å²) < 4.78 is 16.0. The quantitative estimate of drug-likeness (QED) is 0.702. The smallest absolute Gasteiger partial charge is 0.263 e. The molecule has 5 nitrogen and oxygen atoms in total. The lowest BCUT2D eigenvalue weighted by molar-refractivity contribution is -0.139. The third kappa shape index (κ3) is 5.80. The average molecular weight is 343 g/mol. The van der Waals surface area contributed by atoms with E-state index in [-0.39, 0.29) is 5.91 Å². The van der Waals surface area contributed by atoms with Gasteiger partial charge in [-0.2, -0.15) is 0 Å². The molecule has 0 aromatic heterocycles. The minimum atomic E-state index is -0.589. The van der Waals surface area contributed by atoms with E-state index >= 15 is 0 Å². The number of amides is 1. The fraction of sp³-hybridized carbons (Fsp3) is 0.350. The first-order chi connectivity index (χ1) is 12.1. The zero-order valence-corrected chi connectivity index (χ0v) is 15.0. The monoisotopic (exact) mass is 343 g/mol. The van der Waals surface area contributed by atoms with Crippen LogP contribution >= 0.6 is 0 Å². The highest BCUT2D eigenvalue weighted by atomic mass is 16.5. The van der Waals surface area contributed by atoms with E-state index in [1.54, 1.807) is 50.3 Å². The minimum absolute atomic E-state index is 0.0725. The number of benzene rings is 2. The van der Waals surface area contributed by atoms with Crippen LogP contribution < -0.4 is 9.47 Å². The van der Waals surface area contributed by atoms with E-state index in [9.17, 15) is 4.79 Å². The predicted octanol–water partition coefficient (Wildman–Crippen LogP) is 3.14. The van der Waals surface area contributed by atoms with Crippen molar-refractivity contribution in [3.63, 3.8) is 0 Å². The predicted molar refractivity (Wildman–Crippen MR) is 96.8 cm³/mol. The lowest BCUT2D eigenvalue weighted by Crippen LogP contribution is -2.41. The third-order valence-corrected chi connectivity index (χ3v) is 3.81. The molecule has 0 aliphatic rings. The van der Waals surface area contributed by atoms with Crippen molar-refractivity contribution in [2.45, 2.75) is 19.6 Å². The molecular formula is C20H25NO4. The van der Waals surface area contributed by atoms with Gasteiger partial charge in [0.1, 0.15) is 11.5 Å². The second-order valence-corrected chi connectivity index (χ2v) is 5.67. The van der Waals surface area contributed by atoms with E-state index in [0.29, 0.717) is 25.4 Å². The van der Waals surface area contributed by atoms with E-state index in [2.05, 4.69) is 0 Å². The Hall–Kier alpha value is -2.53. The Balaban J connectivity index is 2.02. The molecule has 2 aromatic carbocycles. The summed E-state index contributed by atoms with van der Waals surface area (Å²) in [6.45, 7) is 3.28. The molecular weight excluding hydrogens is 318 g/mol. The number of rotatable bonds is 9. The molecule has 0 radical (unpaired) electrons. The summed E-state index contributed by atoms with van der Waals surface area (Å²) in [6, 6.07) is 17.1. The molecule has 1 amide bonds. The zero-order chi connectivity index (χ0) is 18.1. The second kappa shape index (κ2) is 9.69. The van der Waals surface area contributed by atoms with Gasteiger partial charge in [-0.1, -0.05) is 30.3 Å². The maximum atomic E-state index is 12.8. The Bertz CT molecular complexity index is 643. The maximum absolute atomic E-state index is 12.8. The largest absolute Gasteiger partial charge is 0.497 e. The molecule has 5 heteroatoms. The van der Waals surface area contributed by atoms with E-state index in [0.717, 1.165) is 11.3 Å². The molecule has 0 heterocycles. The number of hydrogen-bond acceptors (Lipinski definition) is 4. The van der Waals surface area contributed by atoms with Gasteiger partial charge >= 0.3 is 0 Å². The molecule has 2 aromatic rings. The van der Waals surface area contributed by atoms with Gasteiger partial charge in [-0.3, -0.25) is 4.79 Å². The highest BCUT2D eigenvalue weighted by Crippen LogP contribution is 2.19. The summed E-state index contributed by atoms with van der Waals surface area (Å²) in [4.78, 5) is 14.6. The molecule has 0 aliphatic carbocycles. The molecule has 2 rings (SSSR count). The van der Waals surface area contributed by atoms with Crippen LogP contribution in [0, 0.1) is 0 Å². The molecule has 25 heavy (non-hydrogen) atoms. The number of carbonyl (C=O) groups excluding carboxylic acids is 1. The fourth-order valence-corrected chi connectivity index (χ4v) is 2.44. The van der Waals surface area contributed by atoms with Gasteiger partial charge in [-0.15, -0.1) is 0 Å². The molecule has 0 N–H and O–H groups in total. The summed E-state index contributed by atoms with van der Waals surface area (Å²) >= 11 is 0. The van der Waals surface area contributed by atoms with Gasteiger partial charge in [0.15, 0.2) is 6.10 Å². The van der Waals surface area contributed by atoms with Crippen molar-refractivity contribution in [1.82, 2.24) is 4.90 Å². The molecule has 0 fully saturated rings. The molecule has 0 saturated carbocycles. The summed E-state index contributed by atoms with van der Waals surface area (Å²) in [6.07, 6.45) is -0.589. The van der Waals surface area contributed by atoms with Crippen molar-refractivity contribution < 1.29 is 19.0 Å². The van der Waals surface area contributed by atoms with Gasteiger partial charge in [0, 0.05) is 20.2 Å². The Kier molecular flexibility index (Phi) is 7.29. The number of nitrogens with zero attached hydrogens (tertiary/aromatic N) is 1. The zero-order valence-electron chi connectivity index (χ0n) is 15.0. The van der Waals surface area contributed by atoms with Gasteiger partial charge < -0.3 is 19.1 Å². The van der Waals surface area contributed by atoms with Crippen molar-refractivity contribution in [2.24, 2.45) is 0 Å². The van der Waals surface area contributed by atoms with Gasteiger partial charge in [0.05, 0.1) is 13.7 Å². The summed E-state index contributed by atoms with van der Waals surface area (Å²) in [7, 11) is 3.24. The topological polar surface area (TPSA) is 48.0 Å². The van der Waals surface area contributed by atoms with Crippen molar-refractivity contribution in [3.05, 3.63) is 60.2 Å². The lowest BCUT2D eigenvalue weighted by Gasteiger charge is -2.26. The molecule has 1 unspecified atom stereocenters. The van der Waals surface area contributed by atoms with Crippen molar-refractivity contribution in [3.8, 4) is 11.5 Å². The second-order valence-electron chi connectivity index (χ2n) is 5.67. The highest BCUT2D eigenvalue weighted by molar-refractivity contribution is 5.81. The average Bonchev–Trinajstić information content (AvgIpc) is 2.66. The fourth-order valence-electron chi connectivity index (χ4n) is 2.44. The molecule has 0 saturated heterocycles. The van der Waals surface area contributed by atoms with Gasteiger partial charge in [-0.25, -0.2) is 0 Å². The molecule has 134 valence electrons. The summed E-state index contributed by atoms with van der Waals surface area (Å²) in [5, 5.41) is 0. The number of ether oxygens (including phenoxy) is 3. The first kappa shape index (κ1) is 18.8. The normalized spacial score (nSPS) is 11.6. The molecule has 0 bridgehead atoms. The Labute approximate surface area is 149 Å². The van der Waals surface area contributed by atoms with Crippen LogP contribution in [0.4, 0.5) is 0 Å².